The Morgan fingerprint density at radius 1 is 1.33 bits per heavy atom. The van der Waals surface area contributed by atoms with Crippen LogP contribution in [0.1, 0.15) is 5.89 Å². The highest BCUT2D eigenvalue weighted by Crippen LogP contribution is 2.21. The summed E-state index contributed by atoms with van der Waals surface area (Å²) in [6, 6.07) is 8.22. The summed E-state index contributed by atoms with van der Waals surface area (Å²) in [7, 11) is 0. The molecule has 0 amide bonds. The van der Waals surface area contributed by atoms with Crippen LogP contribution in [0.5, 0.6) is 0 Å². The molecule has 2 heterocycles. The van der Waals surface area contributed by atoms with Gasteiger partial charge in [0.25, 0.3) is 0 Å². The average Bonchev–Trinajstić information content (AvgIpc) is 2.83. The lowest BCUT2D eigenvalue weighted by Gasteiger charge is -2.25. The molecular formula is C13H15N3OS. The van der Waals surface area contributed by atoms with Crippen LogP contribution in [0.4, 0.5) is 0 Å². The molecule has 0 unspecified atom stereocenters. The van der Waals surface area contributed by atoms with E-state index in [1.54, 1.807) is 11.8 Å². The van der Waals surface area contributed by atoms with Gasteiger partial charge in [-0.25, -0.2) is 0 Å². The summed E-state index contributed by atoms with van der Waals surface area (Å²) in [6.45, 7) is 2.11. The van der Waals surface area contributed by atoms with E-state index < -0.39 is 0 Å². The second kappa shape index (κ2) is 5.12. The van der Waals surface area contributed by atoms with Crippen molar-refractivity contribution < 1.29 is 4.52 Å². The molecule has 3 rings (SSSR count). The van der Waals surface area contributed by atoms with E-state index in [9.17, 15) is 0 Å². The van der Waals surface area contributed by atoms with Gasteiger partial charge in [0.2, 0.25) is 11.7 Å². The van der Waals surface area contributed by atoms with E-state index in [1.807, 2.05) is 12.1 Å². The summed E-state index contributed by atoms with van der Waals surface area (Å²) in [5.74, 6) is 2.08. The Hall–Kier alpha value is -1.33. The zero-order valence-electron chi connectivity index (χ0n) is 10.2. The molecule has 0 saturated carbocycles. The van der Waals surface area contributed by atoms with Crippen molar-refractivity contribution in [3.8, 4) is 11.4 Å². The van der Waals surface area contributed by atoms with Crippen LogP contribution in [0.15, 0.2) is 33.7 Å². The third-order valence-electron chi connectivity index (χ3n) is 3.15. The molecule has 0 atom stereocenters. The predicted octanol–water partition coefficient (Wildman–Crippen LogP) is 2.22. The maximum atomic E-state index is 5.29. The standard InChI is InChI=1S/C13H15N3OS/c1-18-11-4-2-10(3-5-11)13-15-12(17-16-13)6-9-7-14-8-9/h2-5,9,14H,6-8H2,1H3. The van der Waals surface area contributed by atoms with Crippen molar-refractivity contribution >= 4 is 11.8 Å². The first-order valence-corrected chi connectivity index (χ1v) is 7.25. The molecule has 1 saturated heterocycles. The summed E-state index contributed by atoms with van der Waals surface area (Å²) >= 11 is 1.73. The van der Waals surface area contributed by atoms with Crippen LogP contribution >= 0.6 is 11.8 Å². The fourth-order valence-electron chi connectivity index (χ4n) is 1.93. The minimum atomic E-state index is 0.650. The maximum Gasteiger partial charge on any atom is 0.227 e. The van der Waals surface area contributed by atoms with Crippen molar-refractivity contribution in [1.29, 1.82) is 0 Å². The van der Waals surface area contributed by atoms with Gasteiger partial charge in [0, 0.05) is 16.9 Å². The van der Waals surface area contributed by atoms with Crippen molar-refractivity contribution in [2.75, 3.05) is 19.3 Å². The lowest BCUT2D eigenvalue weighted by Crippen LogP contribution is -2.43. The second-order valence-electron chi connectivity index (χ2n) is 4.47. The Kier molecular flexibility index (Phi) is 3.34. The molecule has 1 aliphatic heterocycles. The van der Waals surface area contributed by atoms with Gasteiger partial charge in [-0.3, -0.25) is 0 Å². The number of aromatic nitrogens is 2. The molecule has 1 fully saturated rings. The quantitative estimate of drug-likeness (QED) is 0.855. The molecule has 5 heteroatoms. The monoisotopic (exact) mass is 261 g/mol. The van der Waals surface area contributed by atoms with Crippen LogP contribution in [0.3, 0.4) is 0 Å². The topological polar surface area (TPSA) is 51.0 Å². The number of benzene rings is 1. The van der Waals surface area contributed by atoms with Crippen LogP contribution in [0, 0.1) is 5.92 Å². The Morgan fingerprint density at radius 2 is 2.11 bits per heavy atom. The van der Waals surface area contributed by atoms with E-state index in [2.05, 4.69) is 33.8 Å². The molecule has 1 N–H and O–H groups in total. The fraction of sp³-hybridized carbons (Fsp3) is 0.385. The lowest BCUT2D eigenvalue weighted by molar-refractivity contribution is 0.296. The highest BCUT2D eigenvalue weighted by atomic mass is 32.2. The predicted molar refractivity (Wildman–Crippen MR) is 71.6 cm³/mol. The van der Waals surface area contributed by atoms with Crippen molar-refractivity contribution in [2.45, 2.75) is 11.3 Å². The SMILES string of the molecule is CSc1ccc(-c2noc(CC3CNC3)n2)cc1. The normalized spacial score (nSPS) is 15.6. The molecule has 1 aliphatic rings. The molecule has 94 valence electrons. The Labute approximate surface area is 110 Å². The van der Waals surface area contributed by atoms with Crippen LogP contribution in [-0.4, -0.2) is 29.5 Å². The van der Waals surface area contributed by atoms with Gasteiger partial charge in [-0.05, 0) is 49.5 Å². The molecule has 4 nitrogen and oxygen atoms in total. The van der Waals surface area contributed by atoms with Crippen molar-refractivity contribution in [1.82, 2.24) is 15.5 Å². The maximum absolute atomic E-state index is 5.29. The van der Waals surface area contributed by atoms with Gasteiger partial charge in [-0.1, -0.05) is 5.16 Å². The summed E-state index contributed by atoms with van der Waals surface area (Å²) in [5, 5.41) is 7.28. The van der Waals surface area contributed by atoms with Crippen molar-refractivity contribution in [3.05, 3.63) is 30.2 Å². The summed E-state index contributed by atoms with van der Waals surface area (Å²) in [5.41, 5.74) is 1.01. The number of nitrogens with zero attached hydrogens (tertiary/aromatic N) is 2. The molecule has 1 aromatic heterocycles. The smallest absolute Gasteiger partial charge is 0.227 e. The summed E-state index contributed by atoms with van der Waals surface area (Å²) in [4.78, 5) is 5.68. The van der Waals surface area contributed by atoms with Crippen LogP contribution in [0.25, 0.3) is 11.4 Å². The first kappa shape index (κ1) is 11.7. The zero-order chi connectivity index (χ0) is 12.4. The van der Waals surface area contributed by atoms with E-state index in [0.29, 0.717) is 11.7 Å². The first-order chi connectivity index (χ1) is 8.85. The fourth-order valence-corrected chi connectivity index (χ4v) is 2.34. The highest BCUT2D eigenvalue weighted by molar-refractivity contribution is 7.98. The van der Waals surface area contributed by atoms with E-state index in [4.69, 9.17) is 4.52 Å². The average molecular weight is 261 g/mol. The molecule has 1 aromatic carbocycles. The van der Waals surface area contributed by atoms with Crippen molar-refractivity contribution in [2.24, 2.45) is 5.92 Å². The van der Waals surface area contributed by atoms with Gasteiger partial charge < -0.3 is 9.84 Å². The summed E-state index contributed by atoms with van der Waals surface area (Å²) in [6.07, 6.45) is 2.94. The number of thioether (sulfide) groups is 1. The van der Waals surface area contributed by atoms with Gasteiger partial charge in [0.1, 0.15) is 0 Å². The van der Waals surface area contributed by atoms with E-state index in [1.165, 1.54) is 4.90 Å². The highest BCUT2D eigenvalue weighted by Gasteiger charge is 2.20. The first-order valence-electron chi connectivity index (χ1n) is 6.03. The number of rotatable bonds is 4. The molecule has 0 aliphatic carbocycles. The Morgan fingerprint density at radius 3 is 2.72 bits per heavy atom. The van der Waals surface area contributed by atoms with Crippen LogP contribution in [-0.2, 0) is 6.42 Å². The molecular weight excluding hydrogens is 246 g/mol. The third-order valence-corrected chi connectivity index (χ3v) is 3.89. The van der Waals surface area contributed by atoms with E-state index in [-0.39, 0.29) is 0 Å². The minimum Gasteiger partial charge on any atom is -0.339 e. The second-order valence-corrected chi connectivity index (χ2v) is 5.35. The van der Waals surface area contributed by atoms with Gasteiger partial charge in [0.15, 0.2) is 0 Å². The lowest BCUT2D eigenvalue weighted by atomic mass is 10.00. The number of hydrogen-bond donors (Lipinski definition) is 1. The Balaban J connectivity index is 1.74. The largest absolute Gasteiger partial charge is 0.339 e. The molecule has 0 spiro atoms. The number of hydrogen-bond acceptors (Lipinski definition) is 5. The van der Waals surface area contributed by atoms with Crippen LogP contribution < -0.4 is 5.32 Å². The summed E-state index contributed by atoms with van der Waals surface area (Å²) < 4.78 is 5.29. The molecule has 2 aromatic rings. The van der Waals surface area contributed by atoms with Crippen LogP contribution in [0.2, 0.25) is 0 Å². The zero-order valence-corrected chi connectivity index (χ0v) is 11.0. The van der Waals surface area contributed by atoms with Gasteiger partial charge in [-0.15, -0.1) is 11.8 Å². The van der Waals surface area contributed by atoms with Crippen molar-refractivity contribution in [3.63, 3.8) is 0 Å². The van der Waals surface area contributed by atoms with E-state index in [0.717, 1.165) is 31.0 Å². The number of nitrogens with one attached hydrogen (secondary N) is 1. The van der Waals surface area contributed by atoms with E-state index >= 15 is 0 Å². The van der Waals surface area contributed by atoms with Gasteiger partial charge in [-0.2, -0.15) is 4.98 Å². The molecule has 18 heavy (non-hydrogen) atoms. The molecule has 0 bridgehead atoms. The van der Waals surface area contributed by atoms with Gasteiger partial charge in [0.05, 0.1) is 0 Å². The van der Waals surface area contributed by atoms with Gasteiger partial charge >= 0.3 is 0 Å². The Bertz CT molecular complexity index is 519. The molecule has 0 radical (unpaired) electrons. The third kappa shape index (κ3) is 2.42. The minimum absolute atomic E-state index is 0.650.